The summed E-state index contributed by atoms with van der Waals surface area (Å²) in [7, 11) is 0. The number of anilines is 1. The van der Waals surface area contributed by atoms with Crippen LogP contribution in [0.5, 0.6) is 0 Å². The van der Waals surface area contributed by atoms with Gasteiger partial charge in [-0.05, 0) is 44.5 Å². The van der Waals surface area contributed by atoms with Gasteiger partial charge < -0.3 is 10.6 Å². The van der Waals surface area contributed by atoms with Crippen LogP contribution in [0.2, 0.25) is 0 Å². The molecular formula is C14H16N4O. The van der Waals surface area contributed by atoms with Crippen LogP contribution in [0.3, 0.4) is 0 Å². The molecular weight excluding hydrogens is 240 g/mol. The van der Waals surface area contributed by atoms with Crippen LogP contribution in [0.1, 0.15) is 19.8 Å². The van der Waals surface area contributed by atoms with Gasteiger partial charge in [0.15, 0.2) is 0 Å². The molecule has 1 atom stereocenters. The molecule has 1 saturated heterocycles. The summed E-state index contributed by atoms with van der Waals surface area (Å²) in [5.74, 6) is 0.00763. The summed E-state index contributed by atoms with van der Waals surface area (Å²) in [4.78, 5) is 20.7. The second kappa shape index (κ2) is 4.59. The number of fused-ring (bicyclic) bond motifs is 1. The van der Waals surface area contributed by atoms with Crippen molar-refractivity contribution in [2.75, 3.05) is 11.9 Å². The molecule has 5 heteroatoms. The second-order valence-electron chi connectivity index (χ2n) is 5.08. The predicted octanol–water partition coefficient (Wildman–Crippen LogP) is 1.71. The van der Waals surface area contributed by atoms with E-state index in [0.717, 1.165) is 36.1 Å². The maximum absolute atomic E-state index is 12.3. The summed E-state index contributed by atoms with van der Waals surface area (Å²) in [6.07, 6.45) is 5.21. The molecule has 1 amide bonds. The fraction of sp³-hybridized carbons (Fsp3) is 0.357. The fourth-order valence-electron chi connectivity index (χ4n) is 2.40. The highest BCUT2D eigenvalue weighted by Gasteiger charge is 2.35. The summed E-state index contributed by atoms with van der Waals surface area (Å²) < 4.78 is 0. The van der Waals surface area contributed by atoms with Crippen molar-refractivity contribution in [2.45, 2.75) is 25.3 Å². The highest BCUT2D eigenvalue weighted by Crippen LogP contribution is 2.22. The average molecular weight is 256 g/mol. The lowest BCUT2D eigenvalue weighted by Gasteiger charge is -2.23. The van der Waals surface area contributed by atoms with E-state index < -0.39 is 5.54 Å². The van der Waals surface area contributed by atoms with Gasteiger partial charge in [0.1, 0.15) is 0 Å². The van der Waals surface area contributed by atoms with E-state index in [9.17, 15) is 4.79 Å². The maximum atomic E-state index is 12.3. The van der Waals surface area contributed by atoms with Crippen LogP contribution in [-0.2, 0) is 4.79 Å². The molecule has 19 heavy (non-hydrogen) atoms. The molecule has 1 unspecified atom stereocenters. The normalized spacial score (nSPS) is 22.6. The third kappa shape index (κ3) is 2.29. The molecule has 0 saturated carbocycles. The van der Waals surface area contributed by atoms with Gasteiger partial charge in [-0.15, -0.1) is 0 Å². The first-order valence-corrected chi connectivity index (χ1v) is 6.45. The molecule has 2 heterocycles. The number of rotatable bonds is 2. The minimum Gasteiger partial charge on any atom is -0.324 e. The Balaban J connectivity index is 1.83. The van der Waals surface area contributed by atoms with Gasteiger partial charge in [0.05, 0.1) is 16.6 Å². The number of amides is 1. The molecule has 1 aromatic heterocycles. The zero-order chi connectivity index (χ0) is 13.3. The van der Waals surface area contributed by atoms with Crippen molar-refractivity contribution in [3.8, 4) is 0 Å². The van der Waals surface area contributed by atoms with Crippen LogP contribution >= 0.6 is 0 Å². The smallest absolute Gasteiger partial charge is 0.244 e. The molecule has 1 fully saturated rings. The molecule has 0 spiro atoms. The van der Waals surface area contributed by atoms with Crippen LogP contribution in [0, 0.1) is 0 Å². The second-order valence-corrected chi connectivity index (χ2v) is 5.08. The van der Waals surface area contributed by atoms with E-state index in [1.54, 1.807) is 12.4 Å². The molecule has 2 N–H and O–H groups in total. The highest BCUT2D eigenvalue weighted by molar-refractivity contribution is 5.99. The summed E-state index contributed by atoms with van der Waals surface area (Å²) >= 11 is 0. The van der Waals surface area contributed by atoms with E-state index in [2.05, 4.69) is 20.6 Å². The van der Waals surface area contributed by atoms with Crippen LogP contribution < -0.4 is 10.6 Å². The van der Waals surface area contributed by atoms with Gasteiger partial charge in [0, 0.05) is 18.1 Å². The summed E-state index contributed by atoms with van der Waals surface area (Å²) in [5.41, 5.74) is 1.90. The van der Waals surface area contributed by atoms with Gasteiger partial charge in [0.25, 0.3) is 0 Å². The highest BCUT2D eigenvalue weighted by atomic mass is 16.2. The molecule has 0 radical (unpaired) electrons. The van der Waals surface area contributed by atoms with E-state index in [-0.39, 0.29) is 5.91 Å². The van der Waals surface area contributed by atoms with E-state index in [1.807, 2.05) is 25.1 Å². The van der Waals surface area contributed by atoms with Gasteiger partial charge in [-0.2, -0.15) is 0 Å². The minimum atomic E-state index is -0.461. The van der Waals surface area contributed by atoms with Crippen molar-refractivity contribution in [1.29, 1.82) is 0 Å². The number of aromatic nitrogens is 2. The third-order valence-electron chi connectivity index (χ3n) is 3.60. The monoisotopic (exact) mass is 256 g/mol. The largest absolute Gasteiger partial charge is 0.324 e. The Bertz CT molecular complexity index is 620. The fourth-order valence-corrected chi connectivity index (χ4v) is 2.40. The van der Waals surface area contributed by atoms with Gasteiger partial charge in [-0.3, -0.25) is 14.8 Å². The van der Waals surface area contributed by atoms with E-state index in [4.69, 9.17) is 0 Å². The molecule has 3 rings (SSSR count). The quantitative estimate of drug-likeness (QED) is 0.858. The lowest BCUT2D eigenvalue weighted by atomic mass is 9.99. The number of carbonyl (C=O) groups excluding carboxylic acids is 1. The van der Waals surface area contributed by atoms with Crippen LogP contribution in [0.4, 0.5) is 5.69 Å². The molecule has 0 bridgehead atoms. The van der Waals surface area contributed by atoms with E-state index in [1.165, 1.54) is 0 Å². The van der Waals surface area contributed by atoms with Crippen molar-refractivity contribution in [3.63, 3.8) is 0 Å². The average Bonchev–Trinajstić information content (AvgIpc) is 2.87. The molecule has 5 nitrogen and oxygen atoms in total. The predicted molar refractivity (Wildman–Crippen MR) is 73.8 cm³/mol. The number of hydrogen-bond acceptors (Lipinski definition) is 4. The molecule has 1 aromatic carbocycles. The summed E-state index contributed by atoms with van der Waals surface area (Å²) in [6.45, 7) is 2.84. The first-order valence-electron chi connectivity index (χ1n) is 6.45. The Morgan fingerprint density at radius 1 is 1.32 bits per heavy atom. The number of hydrogen-bond donors (Lipinski definition) is 2. The Kier molecular flexibility index (Phi) is 2.91. The van der Waals surface area contributed by atoms with Gasteiger partial charge >= 0.3 is 0 Å². The maximum Gasteiger partial charge on any atom is 0.244 e. The van der Waals surface area contributed by atoms with Crippen molar-refractivity contribution in [3.05, 3.63) is 30.6 Å². The Labute approximate surface area is 111 Å². The number of nitrogens with one attached hydrogen (secondary N) is 2. The zero-order valence-corrected chi connectivity index (χ0v) is 10.8. The number of benzene rings is 1. The molecule has 1 aliphatic heterocycles. The number of carbonyl (C=O) groups is 1. The number of nitrogens with zero attached hydrogens (tertiary/aromatic N) is 2. The van der Waals surface area contributed by atoms with Crippen LogP contribution in [0.25, 0.3) is 11.0 Å². The third-order valence-corrected chi connectivity index (χ3v) is 3.60. The van der Waals surface area contributed by atoms with Crippen LogP contribution in [-0.4, -0.2) is 28.0 Å². The summed E-state index contributed by atoms with van der Waals surface area (Å²) in [5, 5.41) is 6.20. The lowest BCUT2D eigenvalue weighted by Crippen LogP contribution is -2.47. The van der Waals surface area contributed by atoms with E-state index in [0.29, 0.717) is 0 Å². The van der Waals surface area contributed by atoms with Crippen molar-refractivity contribution < 1.29 is 4.79 Å². The van der Waals surface area contributed by atoms with Crippen LogP contribution in [0.15, 0.2) is 30.6 Å². The zero-order valence-electron chi connectivity index (χ0n) is 10.8. The molecule has 1 aliphatic rings. The standard InChI is InChI=1S/C14H16N4O/c1-14(5-2-6-17-14)13(19)18-10-3-4-11-12(9-10)16-8-7-15-11/h3-4,7-9,17H,2,5-6H2,1H3,(H,18,19). The van der Waals surface area contributed by atoms with Crippen molar-refractivity contribution >= 4 is 22.6 Å². The Hall–Kier alpha value is -2.01. The summed E-state index contributed by atoms with van der Waals surface area (Å²) in [6, 6.07) is 5.56. The van der Waals surface area contributed by atoms with Crippen molar-refractivity contribution in [1.82, 2.24) is 15.3 Å². The van der Waals surface area contributed by atoms with Crippen molar-refractivity contribution in [2.24, 2.45) is 0 Å². The topological polar surface area (TPSA) is 66.9 Å². The van der Waals surface area contributed by atoms with Gasteiger partial charge in [-0.1, -0.05) is 0 Å². The van der Waals surface area contributed by atoms with Gasteiger partial charge in [-0.25, -0.2) is 0 Å². The SMILES string of the molecule is CC1(C(=O)Nc2ccc3nccnc3c2)CCCN1. The first-order chi connectivity index (χ1) is 9.17. The van der Waals surface area contributed by atoms with E-state index >= 15 is 0 Å². The molecule has 2 aromatic rings. The Morgan fingerprint density at radius 3 is 2.84 bits per heavy atom. The lowest BCUT2D eigenvalue weighted by molar-refractivity contribution is -0.121. The molecule has 0 aliphatic carbocycles. The minimum absolute atomic E-state index is 0.00763. The Morgan fingerprint density at radius 2 is 2.11 bits per heavy atom. The van der Waals surface area contributed by atoms with Gasteiger partial charge in [0.2, 0.25) is 5.91 Å². The first kappa shape index (κ1) is 12.0. The molecule has 98 valence electrons.